The van der Waals surface area contributed by atoms with Crippen LogP contribution >= 0.6 is 0 Å². The molecule has 0 atom stereocenters. The minimum atomic E-state index is -0.994. The minimum absolute atomic E-state index is 0.000663. The van der Waals surface area contributed by atoms with Crippen molar-refractivity contribution in [2.75, 3.05) is 19.7 Å². The van der Waals surface area contributed by atoms with Gasteiger partial charge in [-0.15, -0.1) is 0 Å². The maximum Gasteiger partial charge on any atom is 0.407 e. The summed E-state index contributed by atoms with van der Waals surface area (Å²) in [5, 5.41) is 11.9. The number of amides is 2. The van der Waals surface area contributed by atoms with Gasteiger partial charge in [0.2, 0.25) is 5.91 Å². The van der Waals surface area contributed by atoms with Gasteiger partial charge in [-0.05, 0) is 41.5 Å². The lowest BCUT2D eigenvalue weighted by Crippen LogP contribution is -2.42. The Morgan fingerprint density at radius 1 is 0.970 bits per heavy atom. The molecule has 1 saturated carbocycles. The summed E-state index contributed by atoms with van der Waals surface area (Å²) in [4.78, 5) is 37.5. The van der Waals surface area contributed by atoms with Gasteiger partial charge in [0.15, 0.2) is 0 Å². The van der Waals surface area contributed by atoms with Crippen molar-refractivity contribution >= 4 is 18.0 Å². The minimum Gasteiger partial charge on any atom is -0.480 e. The van der Waals surface area contributed by atoms with Crippen molar-refractivity contribution in [1.29, 1.82) is 0 Å². The Balaban J connectivity index is 1.23. The molecule has 2 aliphatic carbocycles. The van der Waals surface area contributed by atoms with Crippen LogP contribution in [0.4, 0.5) is 4.79 Å². The van der Waals surface area contributed by atoms with Crippen molar-refractivity contribution in [2.24, 2.45) is 0 Å². The zero-order valence-electron chi connectivity index (χ0n) is 18.7. The number of hydrogen-bond donors (Lipinski definition) is 2. The number of nitrogens with one attached hydrogen (secondary N) is 1. The molecule has 4 rings (SSSR count). The second kappa shape index (κ2) is 10.5. The first-order chi connectivity index (χ1) is 16.0. The molecule has 1 fully saturated rings. The van der Waals surface area contributed by atoms with Crippen molar-refractivity contribution in [2.45, 2.75) is 50.5 Å². The number of aliphatic carboxylic acids is 1. The Labute approximate surface area is 193 Å². The lowest BCUT2D eigenvalue weighted by Gasteiger charge is -2.27. The average Bonchev–Trinajstić information content (AvgIpc) is 3.45. The van der Waals surface area contributed by atoms with Gasteiger partial charge in [-0.2, -0.15) is 0 Å². The van der Waals surface area contributed by atoms with Crippen LogP contribution in [0.15, 0.2) is 48.5 Å². The molecule has 0 aliphatic heterocycles. The average molecular weight is 451 g/mol. The van der Waals surface area contributed by atoms with Gasteiger partial charge in [-0.3, -0.25) is 9.59 Å². The molecule has 7 nitrogen and oxygen atoms in total. The molecule has 2 amide bonds. The smallest absolute Gasteiger partial charge is 0.407 e. The molecule has 7 heteroatoms. The Bertz CT molecular complexity index is 970. The SMILES string of the molecule is O=C(O)CN(C(=O)CCCNC(=O)OCC1c2ccccc2-c2ccccc21)C1CCCC1. The van der Waals surface area contributed by atoms with Crippen molar-refractivity contribution in [3.05, 3.63) is 59.7 Å². The van der Waals surface area contributed by atoms with Crippen molar-refractivity contribution < 1.29 is 24.2 Å². The number of alkyl carbamates (subject to hydrolysis) is 1. The van der Waals surface area contributed by atoms with E-state index in [0.717, 1.165) is 36.8 Å². The first-order valence-electron chi connectivity index (χ1n) is 11.6. The van der Waals surface area contributed by atoms with Crippen LogP contribution in [0, 0.1) is 0 Å². The summed E-state index contributed by atoms with van der Waals surface area (Å²) in [5.74, 6) is -1.16. The largest absolute Gasteiger partial charge is 0.480 e. The third kappa shape index (κ3) is 5.35. The summed E-state index contributed by atoms with van der Waals surface area (Å²) in [6, 6.07) is 16.3. The molecule has 0 saturated heterocycles. The van der Waals surface area contributed by atoms with Crippen LogP contribution < -0.4 is 5.32 Å². The number of fused-ring (bicyclic) bond motifs is 3. The Hall–Kier alpha value is -3.35. The fraction of sp³-hybridized carbons (Fsp3) is 0.423. The highest BCUT2D eigenvalue weighted by atomic mass is 16.5. The topological polar surface area (TPSA) is 95.9 Å². The third-order valence-electron chi connectivity index (χ3n) is 6.57. The van der Waals surface area contributed by atoms with E-state index in [-0.39, 0.29) is 37.4 Å². The maximum atomic E-state index is 12.6. The predicted molar refractivity (Wildman–Crippen MR) is 124 cm³/mol. The second-order valence-corrected chi connectivity index (χ2v) is 8.71. The Morgan fingerprint density at radius 3 is 2.18 bits per heavy atom. The number of hydrogen-bond acceptors (Lipinski definition) is 4. The van der Waals surface area contributed by atoms with E-state index in [4.69, 9.17) is 9.84 Å². The lowest BCUT2D eigenvalue weighted by molar-refractivity contribution is -0.146. The normalized spacial score (nSPS) is 15.0. The van der Waals surface area contributed by atoms with Crippen LogP contribution in [0.3, 0.4) is 0 Å². The molecule has 2 aromatic carbocycles. The monoisotopic (exact) mass is 450 g/mol. The Morgan fingerprint density at radius 2 is 1.58 bits per heavy atom. The van der Waals surface area contributed by atoms with Crippen molar-refractivity contribution in [1.82, 2.24) is 10.2 Å². The Kier molecular flexibility index (Phi) is 7.27. The van der Waals surface area contributed by atoms with Crippen LogP contribution in [-0.2, 0) is 14.3 Å². The molecular formula is C26H30N2O5. The predicted octanol–water partition coefficient (Wildman–Crippen LogP) is 4.16. The highest BCUT2D eigenvalue weighted by Crippen LogP contribution is 2.44. The zero-order chi connectivity index (χ0) is 23.2. The number of ether oxygens (including phenoxy) is 1. The van der Waals surface area contributed by atoms with Gasteiger partial charge in [-0.1, -0.05) is 61.4 Å². The highest BCUT2D eigenvalue weighted by molar-refractivity contribution is 5.82. The van der Waals surface area contributed by atoms with Crippen LogP contribution in [-0.4, -0.2) is 53.7 Å². The highest BCUT2D eigenvalue weighted by Gasteiger charge is 2.29. The number of carboxylic acid groups (broad SMARTS) is 1. The number of carbonyl (C=O) groups excluding carboxylic acids is 2. The van der Waals surface area contributed by atoms with Gasteiger partial charge in [0, 0.05) is 24.9 Å². The fourth-order valence-corrected chi connectivity index (χ4v) is 5.01. The third-order valence-corrected chi connectivity index (χ3v) is 6.57. The molecule has 33 heavy (non-hydrogen) atoms. The summed E-state index contributed by atoms with van der Waals surface area (Å²) in [6.45, 7) is 0.282. The standard InChI is InChI=1S/C26H30N2O5/c29-24(28(16-25(30)31)18-8-1-2-9-18)14-7-15-27-26(32)33-17-23-21-12-5-3-10-19(21)20-11-4-6-13-22(20)23/h3-6,10-13,18,23H,1-2,7-9,14-17H2,(H,27,32)(H,30,31). The molecule has 174 valence electrons. The quantitative estimate of drug-likeness (QED) is 0.559. The van der Waals surface area contributed by atoms with E-state index in [0.29, 0.717) is 13.0 Å². The molecule has 2 N–H and O–H groups in total. The maximum absolute atomic E-state index is 12.6. The van der Waals surface area contributed by atoms with Gasteiger partial charge in [-0.25, -0.2) is 4.79 Å². The van der Waals surface area contributed by atoms with E-state index in [2.05, 4.69) is 29.6 Å². The van der Waals surface area contributed by atoms with E-state index in [1.165, 1.54) is 16.0 Å². The first kappa shape index (κ1) is 22.8. The van der Waals surface area contributed by atoms with Gasteiger partial charge in [0.05, 0.1) is 0 Å². The van der Waals surface area contributed by atoms with Crippen molar-refractivity contribution in [3.8, 4) is 11.1 Å². The van der Waals surface area contributed by atoms with Gasteiger partial charge < -0.3 is 20.1 Å². The molecule has 2 aromatic rings. The van der Waals surface area contributed by atoms with Crippen LogP contribution in [0.1, 0.15) is 55.6 Å². The lowest BCUT2D eigenvalue weighted by atomic mass is 9.98. The van der Waals surface area contributed by atoms with Gasteiger partial charge in [0.25, 0.3) is 0 Å². The van der Waals surface area contributed by atoms with Crippen LogP contribution in [0.25, 0.3) is 11.1 Å². The first-order valence-corrected chi connectivity index (χ1v) is 11.6. The van der Waals surface area contributed by atoms with Crippen LogP contribution in [0.5, 0.6) is 0 Å². The van der Waals surface area contributed by atoms with E-state index < -0.39 is 12.1 Å². The summed E-state index contributed by atoms with van der Waals surface area (Å²) in [5.41, 5.74) is 4.66. The summed E-state index contributed by atoms with van der Waals surface area (Å²) in [7, 11) is 0. The molecule has 0 radical (unpaired) electrons. The molecule has 0 aromatic heterocycles. The molecule has 0 unspecified atom stereocenters. The summed E-state index contributed by atoms with van der Waals surface area (Å²) >= 11 is 0. The van der Waals surface area contributed by atoms with E-state index >= 15 is 0 Å². The molecule has 0 bridgehead atoms. The number of rotatable bonds is 9. The molecule has 2 aliphatic rings. The molecule has 0 heterocycles. The van der Waals surface area contributed by atoms with Gasteiger partial charge in [0.1, 0.15) is 13.2 Å². The number of benzene rings is 2. The number of carbonyl (C=O) groups is 3. The molecular weight excluding hydrogens is 420 g/mol. The zero-order valence-corrected chi connectivity index (χ0v) is 18.7. The second-order valence-electron chi connectivity index (χ2n) is 8.71. The van der Waals surface area contributed by atoms with Gasteiger partial charge >= 0.3 is 12.1 Å². The summed E-state index contributed by atoms with van der Waals surface area (Å²) in [6.07, 6.45) is 3.89. The number of carboxylic acids is 1. The van der Waals surface area contributed by atoms with Crippen molar-refractivity contribution in [3.63, 3.8) is 0 Å². The molecule has 0 spiro atoms. The summed E-state index contributed by atoms with van der Waals surface area (Å²) < 4.78 is 5.50. The van der Waals surface area contributed by atoms with E-state index in [1.807, 2.05) is 24.3 Å². The fourth-order valence-electron chi connectivity index (χ4n) is 5.01. The van der Waals surface area contributed by atoms with E-state index in [9.17, 15) is 14.4 Å². The van der Waals surface area contributed by atoms with Crippen LogP contribution in [0.2, 0.25) is 0 Å². The number of nitrogens with zero attached hydrogens (tertiary/aromatic N) is 1. The van der Waals surface area contributed by atoms with E-state index in [1.54, 1.807) is 0 Å².